The second-order valence-electron chi connectivity index (χ2n) is 3.63. The van der Waals surface area contributed by atoms with Crippen LogP contribution in [0.5, 0.6) is 0 Å². The van der Waals surface area contributed by atoms with Crippen molar-refractivity contribution in [2.75, 3.05) is 19.8 Å². The Morgan fingerprint density at radius 1 is 1.73 bits per heavy atom. The van der Waals surface area contributed by atoms with Crippen molar-refractivity contribution < 1.29 is 4.74 Å². The van der Waals surface area contributed by atoms with Crippen molar-refractivity contribution in [2.45, 2.75) is 12.5 Å². The first-order valence-corrected chi connectivity index (χ1v) is 5.13. The Labute approximate surface area is 89.1 Å². The first-order valence-electron chi connectivity index (χ1n) is 5.13. The van der Waals surface area contributed by atoms with Crippen molar-refractivity contribution in [3.8, 4) is 0 Å². The zero-order valence-electron chi connectivity index (χ0n) is 8.94. The van der Waals surface area contributed by atoms with E-state index in [4.69, 9.17) is 4.74 Å². The fourth-order valence-electron chi connectivity index (χ4n) is 1.82. The smallest absolute Gasteiger partial charge is 0.105 e. The summed E-state index contributed by atoms with van der Waals surface area (Å²) in [6.45, 7) is 5.77. The third-order valence-corrected chi connectivity index (χ3v) is 2.58. The Morgan fingerprint density at radius 2 is 2.60 bits per heavy atom. The van der Waals surface area contributed by atoms with Crippen LogP contribution in [0.1, 0.15) is 17.4 Å². The zero-order valence-corrected chi connectivity index (χ0v) is 8.94. The molecular formula is C10H16N4O. The van der Waals surface area contributed by atoms with E-state index in [9.17, 15) is 0 Å². The maximum atomic E-state index is 5.43. The van der Waals surface area contributed by atoms with E-state index in [0.29, 0.717) is 13.2 Å². The van der Waals surface area contributed by atoms with Gasteiger partial charge < -0.3 is 10.1 Å². The zero-order chi connectivity index (χ0) is 10.7. The number of ether oxygens (including phenoxy) is 1. The summed E-state index contributed by atoms with van der Waals surface area (Å²) in [7, 11) is 1.93. The third kappa shape index (κ3) is 2.08. The van der Waals surface area contributed by atoms with Gasteiger partial charge in [-0.3, -0.25) is 4.68 Å². The van der Waals surface area contributed by atoms with Gasteiger partial charge in [-0.15, -0.1) is 11.7 Å². The lowest BCUT2D eigenvalue weighted by Gasteiger charge is -2.22. The number of hydrogen-bond donors (Lipinski definition) is 1. The normalized spacial score (nSPS) is 19.9. The van der Waals surface area contributed by atoms with Gasteiger partial charge in [0.2, 0.25) is 0 Å². The first-order chi connectivity index (χ1) is 7.33. The lowest BCUT2D eigenvalue weighted by atomic mass is 10.1. The molecule has 1 atom stereocenters. The van der Waals surface area contributed by atoms with Gasteiger partial charge in [-0.1, -0.05) is 11.3 Å². The van der Waals surface area contributed by atoms with Crippen LogP contribution >= 0.6 is 0 Å². The van der Waals surface area contributed by atoms with E-state index >= 15 is 0 Å². The van der Waals surface area contributed by atoms with Crippen molar-refractivity contribution >= 4 is 0 Å². The Bertz CT molecular complexity index is 347. The van der Waals surface area contributed by atoms with Crippen molar-refractivity contribution in [3.05, 3.63) is 24.0 Å². The van der Waals surface area contributed by atoms with Gasteiger partial charge >= 0.3 is 0 Å². The highest BCUT2D eigenvalue weighted by Gasteiger charge is 2.24. The fraction of sp³-hybridized carbons (Fsp3) is 0.600. The van der Waals surface area contributed by atoms with Gasteiger partial charge in [-0.25, -0.2) is 0 Å². The molecule has 5 heteroatoms. The molecule has 1 N–H and O–H groups in total. The van der Waals surface area contributed by atoms with Crippen LogP contribution < -0.4 is 5.32 Å². The van der Waals surface area contributed by atoms with Crippen LogP contribution in [-0.4, -0.2) is 34.8 Å². The molecule has 15 heavy (non-hydrogen) atoms. The van der Waals surface area contributed by atoms with Crippen molar-refractivity contribution in [1.82, 2.24) is 20.3 Å². The molecule has 82 valence electrons. The van der Waals surface area contributed by atoms with Gasteiger partial charge in [0.05, 0.1) is 24.9 Å². The van der Waals surface area contributed by atoms with Crippen LogP contribution in [0.25, 0.3) is 0 Å². The summed E-state index contributed by atoms with van der Waals surface area (Å²) in [5.74, 6) is 0. The first kappa shape index (κ1) is 10.3. The molecule has 0 fully saturated rings. The highest BCUT2D eigenvalue weighted by atomic mass is 16.5. The van der Waals surface area contributed by atoms with Gasteiger partial charge in [0.1, 0.15) is 5.69 Å². The molecule has 0 aliphatic carbocycles. The van der Waals surface area contributed by atoms with Gasteiger partial charge in [-0.2, -0.15) is 0 Å². The predicted molar refractivity (Wildman–Crippen MR) is 56.5 cm³/mol. The maximum absolute atomic E-state index is 5.43. The van der Waals surface area contributed by atoms with E-state index in [1.807, 2.05) is 11.7 Å². The predicted octanol–water partition coefficient (Wildman–Crippen LogP) is 0.204. The second-order valence-corrected chi connectivity index (χ2v) is 3.63. The second kappa shape index (κ2) is 4.55. The molecule has 1 aromatic rings. The Morgan fingerprint density at radius 3 is 3.40 bits per heavy atom. The van der Waals surface area contributed by atoms with E-state index in [2.05, 4.69) is 22.2 Å². The average molecular weight is 208 g/mol. The lowest BCUT2D eigenvalue weighted by molar-refractivity contribution is 0.132. The SMILES string of the molecule is C=CCOCC1NCCc2c1nnn2C. The highest BCUT2D eigenvalue weighted by molar-refractivity contribution is 5.18. The molecule has 1 unspecified atom stereocenters. The minimum absolute atomic E-state index is 0.169. The number of hydrogen-bond acceptors (Lipinski definition) is 4. The molecule has 2 heterocycles. The van der Waals surface area contributed by atoms with Crippen LogP contribution in [-0.2, 0) is 18.2 Å². The van der Waals surface area contributed by atoms with Gasteiger partial charge in [0.15, 0.2) is 0 Å². The molecule has 0 radical (unpaired) electrons. The fourth-order valence-corrected chi connectivity index (χ4v) is 1.82. The standard InChI is InChI=1S/C10H16N4O/c1-3-6-15-7-8-10-9(4-5-11-8)14(2)13-12-10/h3,8,11H,1,4-7H2,2H3. The highest BCUT2D eigenvalue weighted by Crippen LogP contribution is 2.19. The summed E-state index contributed by atoms with van der Waals surface area (Å²) in [6.07, 6.45) is 2.73. The topological polar surface area (TPSA) is 52.0 Å². The van der Waals surface area contributed by atoms with E-state index in [-0.39, 0.29) is 6.04 Å². The van der Waals surface area contributed by atoms with Crippen LogP contribution in [0.15, 0.2) is 12.7 Å². The quantitative estimate of drug-likeness (QED) is 0.567. The number of nitrogens with one attached hydrogen (secondary N) is 1. The molecular weight excluding hydrogens is 192 g/mol. The molecule has 5 nitrogen and oxygen atoms in total. The van der Waals surface area contributed by atoms with Crippen LogP contribution in [0, 0.1) is 0 Å². The largest absolute Gasteiger partial charge is 0.375 e. The minimum Gasteiger partial charge on any atom is -0.375 e. The van der Waals surface area contributed by atoms with Crippen molar-refractivity contribution in [1.29, 1.82) is 0 Å². The molecule has 0 saturated heterocycles. The Kier molecular flexibility index (Phi) is 3.13. The molecule has 0 saturated carbocycles. The summed E-state index contributed by atoms with van der Waals surface area (Å²) >= 11 is 0. The molecule has 1 aliphatic rings. The van der Waals surface area contributed by atoms with E-state index in [1.165, 1.54) is 5.69 Å². The summed E-state index contributed by atoms with van der Waals surface area (Å²) < 4.78 is 7.27. The summed E-state index contributed by atoms with van der Waals surface area (Å²) in [4.78, 5) is 0. The van der Waals surface area contributed by atoms with E-state index in [0.717, 1.165) is 18.7 Å². The minimum atomic E-state index is 0.169. The van der Waals surface area contributed by atoms with E-state index in [1.54, 1.807) is 6.08 Å². The molecule has 1 aromatic heterocycles. The van der Waals surface area contributed by atoms with Crippen molar-refractivity contribution in [3.63, 3.8) is 0 Å². The van der Waals surface area contributed by atoms with Crippen LogP contribution in [0.4, 0.5) is 0 Å². The monoisotopic (exact) mass is 208 g/mol. The van der Waals surface area contributed by atoms with Crippen molar-refractivity contribution in [2.24, 2.45) is 7.05 Å². The summed E-state index contributed by atoms with van der Waals surface area (Å²) in [6, 6.07) is 0.169. The number of fused-ring (bicyclic) bond motifs is 1. The molecule has 2 rings (SSSR count). The number of nitrogens with zero attached hydrogens (tertiary/aromatic N) is 3. The summed E-state index contributed by atoms with van der Waals surface area (Å²) in [5, 5.41) is 11.6. The molecule has 0 amide bonds. The average Bonchev–Trinajstić information content (AvgIpc) is 2.62. The van der Waals surface area contributed by atoms with Gasteiger partial charge in [-0.05, 0) is 0 Å². The summed E-state index contributed by atoms with van der Waals surface area (Å²) in [5.41, 5.74) is 2.23. The van der Waals surface area contributed by atoms with Crippen LogP contribution in [0.3, 0.4) is 0 Å². The number of aromatic nitrogens is 3. The third-order valence-electron chi connectivity index (χ3n) is 2.58. The Balaban J connectivity index is 2.05. The molecule has 0 bridgehead atoms. The van der Waals surface area contributed by atoms with Gasteiger partial charge in [0, 0.05) is 20.0 Å². The van der Waals surface area contributed by atoms with Crippen LogP contribution in [0.2, 0.25) is 0 Å². The lowest BCUT2D eigenvalue weighted by Crippen LogP contribution is -2.33. The molecule has 0 aromatic carbocycles. The maximum Gasteiger partial charge on any atom is 0.105 e. The van der Waals surface area contributed by atoms with Gasteiger partial charge in [0.25, 0.3) is 0 Å². The number of aryl methyl sites for hydroxylation is 1. The van der Waals surface area contributed by atoms with E-state index < -0.39 is 0 Å². The molecule has 1 aliphatic heterocycles. The number of rotatable bonds is 4. The molecule has 0 spiro atoms. The Hall–Kier alpha value is -1.20.